The molecule has 1 aliphatic carbocycles. The van der Waals surface area contributed by atoms with Crippen LogP contribution in [0.15, 0.2) is 139 Å². The SMILES string of the molecule is CCCc1c2c[c]([Sn]([CH3])([CH3])[CH3])sc2c(CCC)c2c[c]([Sn]([CH3])([CH3])[CH3])sc12.CCCc1c2ccsc2c(CCC)c2ccsc12.CCN(CC)C(=O)c1ccsc1.O=C(O)c1ccsc1.O=C1c2ccsc2C(=O)c2ccsc21.[Br-].[C-]#[N+]/C(C#N)=C\c1ccc(-c2cc3c(CCC)c4sc(-c5ccc(/C=C(\C#N)[N+]#[C-])s5)cc4c(CCC)c3s2)s1.[CH2-]CCC.[CH3-].[Li+].[Mg+2]. The van der Waals surface area contributed by atoms with Gasteiger partial charge in [-0.05, 0) is 201 Å². The number of aryl methyl sites for hydroxylation is 6. The molecule has 0 aliphatic heterocycles. The van der Waals surface area contributed by atoms with Crippen LogP contribution in [0.2, 0.25) is 29.6 Å². The van der Waals surface area contributed by atoms with Gasteiger partial charge in [-0.2, -0.15) is 29.1 Å². The zero-order valence-electron chi connectivity index (χ0n) is 75.2. The normalized spacial score (nSPS) is 11.5. The summed E-state index contributed by atoms with van der Waals surface area (Å²) in [6, 6.07) is 33.5. The Balaban J connectivity index is 0.000000247. The number of halogens is 1. The number of fused-ring (bicyclic) bond motifs is 8. The van der Waals surface area contributed by atoms with Gasteiger partial charge >= 0.3 is 226 Å². The molecule has 1 amide bonds. The van der Waals surface area contributed by atoms with Crippen molar-refractivity contribution < 1.29 is 60.1 Å². The Hall–Kier alpha value is -5.22. The fraction of sp³-hybridized carbons (Fsp3) is 0.313. The van der Waals surface area contributed by atoms with E-state index in [9.17, 15) is 19.2 Å². The number of rotatable bonds is 23. The Morgan fingerprint density at radius 1 is 0.452 bits per heavy atom. The van der Waals surface area contributed by atoms with Gasteiger partial charge in [-0.1, -0.05) is 66.7 Å². The van der Waals surface area contributed by atoms with Crippen molar-refractivity contribution in [2.45, 2.75) is 182 Å². The Bertz CT molecular complexity index is 5850. The van der Waals surface area contributed by atoms with Crippen LogP contribution in [0, 0.1) is 50.2 Å². The maximum absolute atomic E-state index is 11.8. The molecule has 27 heteroatoms. The third-order valence-electron chi connectivity index (χ3n) is 20.3. The van der Waals surface area contributed by atoms with Gasteiger partial charge in [0, 0.05) is 83.0 Å². The maximum Gasteiger partial charge on any atom is 2.00 e. The molecule has 0 radical (unpaired) electrons. The number of hydrogen-bond acceptors (Lipinski definition) is 18. The standard InChI is InChI=1S/C32H22N4S4.C16H18S2.C16H16S2.C10H4O2S2.C9H13NOS.C5H4O2S.C4H9.7CH3.BrH.Li.Mg.2Sn/c1-5-7-23-25-15-29(27-11-9-21(37-27)13-19(17-33)35-3)40-32(25)24(8-6-2)26-16-30(39-31(23)26)28-12-10-22(38-28)14-20(18-34)36-4;2*1-3-5-11-13-7-9-18-16(13)12(6-4-2)14-8-10-17-15(11)14;11-7-5-1-3-13-9(5)8(12)6-2-4-14-10(6)7;1-3-10(4-2)9(11)8-5-6-12-7-8;6-5(7)4-1-2-8-3-4;1-3-4-2;;;;;;;;;;;;/h9-16H,5-8H2,1-2H3;7-10H,3-6H2,1-2H3;7-8H,3-6H2,1-2H3;1-4H;5-7H,3-4H2,1-2H3;1-3H,(H,6,7);1,3-4H2,2H3;7*1H3;1H;;;;/q;;;;;;-1;;;;;;;-1;;+1;+2;;/p-1/b19-13-,20-14+;;;;;;;;;;;;;;;;;;. The van der Waals surface area contributed by atoms with Crippen LogP contribution >= 0.6 is 136 Å². The van der Waals surface area contributed by atoms with Crippen molar-refractivity contribution in [3.63, 3.8) is 0 Å². The number of nitrogens with zero attached hydrogens (tertiary/aromatic N) is 5. The quantitative estimate of drug-likeness (QED) is 0.0381. The molecule has 10 nitrogen and oxygen atoms in total. The van der Waals surface area contributed by atoms with E-state index >= 15 is 0 Å². The van der Waals surface area contributed by atoms with E-state index in [2.05, 4.69) is 177 Å². The number of carboxylic acids is 1. The minimum Gasteiger partial charge on any atom is -1.00 e. The Labute approximate surface area is 840 Å². The van der Waals surface area contributed by atoms with Crippen molar-refractivity contribution in [1.29, 1.82) is 10.5 Å². The van der Waals surface area contributed by atoms with Crippen molar-refractivity contribution in [1.82, 2.24) is 4.90 Å². The number of carboxylic acid groups (broad SMARTS) is 1. The number of hydrogen-bond donors (Lipinski definition) is 1. The first-order chi connectivity index (χ1) is 58.8. The summed E-state index contributed by atoms with van der Waals surface area (Å²) in [6.45, 7) is 39.3. The second-order valence-electron chi connectivity index (χ2n) is 31.2. The number of carbonyl (C=O) groups is 4. The third kappa shape index (κ3) is 26.4. The number of nitriles is 2. The van der Waals surface area contributed by atoms with E-state index in [0.717, 1.165) is 70.3 Å². The molecule has 16 rings (SSSR count). The van der Waals surface area contributed by atoms with Crippen molar-refractivity contribution in [2.75, 3.05) is 13.1 Å². The molecular formula is C99H107BrLiMgN5O5S12Sn2. The number of carbonyl (C=O) groups excluding carboxylic acids is 3. The summed E-state index contributed by atoms with van der Waals surface area (Å²) in [7, 11) is 0. The summed E-state index contributed by atoms with van der Waals surface area (Å²) in [5.74, 6) is -0.732. The molecule has 0 unspecified atom stereocenters. The van der Waals surface area contributed by atoms with Gasteiger partial charge in [0.1, 0.15) is 0 Å². The molecule has 1 aliphatic rings. The van der Waals surface area contributed by atoms with Crippen LogP contribution in [-0.2, 0) is 38.5 Å². The molecule has 126 heavy (non-hydrogen) atoms. The van der Waals surface area contributed by atoms with Crippen LogP contribution in [0.5, 0.6) is 0 Å². The average Bonchev–Trinajstić information content (AvgIpc) is 1.59. The smallest absolute Gasteiger partial charge is 1.00 e. The molecule has 0 bridgehead atoms. The molecule has 15 aromatic rings. The third-order valence-corrected chi connectivity index (χ3v) is 51.5. The van der Waals surface area contributed by atoms with Gasteiger partial charge in [0.15, 0.2) is 0 Å². The number of aromatic carboxylic acids is 1. The molecule has 0 spiro atoms. The first-order valence-electron chi connectivity index (χ1n) is 41.5. The second-order valence-corrected chi connectivity index (χ2v) is 73.7. The zero-order chi connectivity index (χ0) is 88.1. The van der Waals surface area contributed by atoms with E-state index in [1.54, 1.807) is 134 Å². The van der Waals surface area contributed by atoms with Crippen LogP contribution in [0.3, 0.4) is 0 Å². The Morgan fingerprint density at radius 3 is 1.08 bits per heavy atom. The number of benzene rings is 3. The molecule has 12 heterocycles. The van der Waals surface area contributed by atoms with Crippen molar-refractivity contribution >= 4 is 298 Å². The van der Waals surface area contributed by atoms with Gasteiger partial charge in [0.05, 0.1) is 46.2 Å². The van der Waals surface area contributed by atoms with E-state index in [1.807, 2.05) is 105 Å². The summed E-state index contributed by atoms with van der Waals surface area (Å²) in [6.07, 6.45) is 19.5. The molecule has 1 N–H and O–H groups in total. The summed E-state index contributed by atoms with van der Waals surface area (Å²) < 4.78 is 12.5. The van der Waals surface area contributed by atoms with Crippen LogP contribution in [0.1, 0.15) is 208 Å². The molecule has 648 valence electrons. The number of unbranched alkanes of at least 4 members (excludes halogenated alkanes) is 1. The molecular weight excluding hydrogens is 2070 g/mol. The van der Waals surface area contributed by atoms with E-state index in [-0.39, 0.29) is 95.2 Å². The molecule has 3 aromatic carbocycles. The van der Waals surface area contributed by atoms with Gasteiger partial charge < -0.3 is 41.3 Å². The van der Waals surface area contributed by atoms with Crippen LogP contribution in [0.4, 0.5) is 0 Å². The van der Waals surface area contributed by atoms with E-state index < -0.39 is 42.7 Å². The van der Waals surface area contributed by atoms with Gasteiger partial charge in [0.25, 0.3) is 17.3 Å². The van der Waals surface area contributed by atoms with Gasteiger partial charge in [-0.15, -0.1) is 90.7 Å². The summed E-state index contributed by atoms with van der Waals surface area (Å²) in [5, 5.41) is 50.7. The summed E-state index contributed by atoms with van der Waals surface area (Å²) in [5.41, 5.74) is 11.8. The van der Waals surface area contributed by atoms with Crippen LogP contribution < -0.4 is 41.6 Å². The monoisotopic (exact) mass is 2180 g/mol. The largest absolute Gasteiger partial charge is 2.00 e. The van der Waals surface area contributed by atoms with Gasteiger partial charge in [-0.25, -0.2) is 25.0 Å². The predicted octanol–water partition coefficient (Wildman–Crippen LogP) is 26.1. The molecule has 0 saturated heterocycles. The van der Waals surface area contributed by atoms with E-state index in [0.29, 0.717) is 26.4 Å². The fourth-order valence-corrected chi connectivity index (χ4v) is 36.8. The average molecular weight is 2180 g/mol. The summed E-state index contributed by atoms with van der Waals surface area (Å²) >= 11 is 16.6. The Morgan fingerprint density at radius 2 is 0.786 bits per heavy atom. The van der Waals surface area contributed by atoms with Crippen molar-refractivity contribution in [3.05, 3.63) is 252 Å². The summed E-state index contributed by atoms with van der Waals surface area (Å²) in [4.78, 5) is 76.9. The molecule has 0 saturated carbocycles. The first kappa shape index (κ1) is 110. The topological polar surface area (TPSA) is 148 Å². The molecule has 0 atom stereocenters. The Kier molecular flexibility index (Phi) is 45.5. The number of allylic oxidation sites excluding steroid dienone is 2. The van der Waals surface area contributed by atoms with E-state index in [4.69, 9.17) is 28.8 Å². The van der Waals surface area contributed by atoms with Crippen molar-refractivity contribution in [3.8, 4) is 31.6 Å². The van der Waals surface area contributed by atoms with E-state index in [1.165, 1.54) is 153 Å². The molecule has 12 aromatic heterocycles. The van der Waals surface area contributed by atoms with Gasteiger partial charge in [-0.3, -0.25) is 14.4 Å². The zero-order valence-corrected chi connectivity index (χ0v) is 93.7. The minimum absolute atomic E-state index is 0. The second kappa shape index (κ2) is 52.3. The van der Waals surface area contributed by atoms with Crippen LogP contribution in [-0.4, -0.2) is 106 Å². The predicted molar refractivity (Wildman–Crippen MR) is 559 cm³/mol. The number of amides is 1. The van der Waals surface area contributed by atoms with Crippen molar-refractivity contribution in [2.24, 2.45) is 0 Å². The minimum atomic E-state index is -2.04. The fourth-order valence-electron chi connectivity index (χ4n) is 14.2. The molecule has 0 fully saturated rings. The van der Waals surface area contributed by atoms with Gasteiger partial charge in [0.2, 0.25) is 11.6 Å². The number of ketones is 2. The first-order valence-corrected chi connectivity index (χ1v) is 71.8. The number of thiophene rings is 12. The van der Waals surface area contributed by atoms with Crippen LogP contribution in [0.25, 0.3) is 102 Å². The maximum atomic E-state index is 11.8.